The summed E-state index contributed by atoms with van der Waals surface area (Å²) in [5.74, 6) is 1.56. The van der Waals surface area contributed by atoms with Crippen LogP contribution in [0, 0.1) is 0 Å². The fourth-order valence-corrected chi connectivity index (χ4v) is 1.03. The van der Waals surface area contributed by atoms with Crippen molar-refractivity contribution in [3.05, 3.63) is 48.8 Å². The van der Waals surface area contributed by atoms with Crippen molar-refractivity contribution in [3.63, 3.8) is 0 Å². The molecule has 0 unspecified atom stereocenters. The number of hydrogen-bond donors (Lipinski definition) is 0. The van der Waals surface area contributed by atoms with Gasteiger partial charge in [-0.15, -0.1) is 0 Å². The number of aromatic nitrogens is 2. The van der Waals surface area contributed by atoms with Gasteiger partial charge >= 0.3 is 21.8 Å². The van der Waals surface area contributed by atoms with Gasteiger partial charge in [0.05, 0.1) is 11.4 Å². The van der Waals surface area contributed by atoms with E-state index in [1.54, 1.807) is 18.2 Å². The Morgan fingerprint density at radius 2 is 1.21 bits per heavy atom. The van der Waals surface area contributed by atoms with Crippen LogP contribution in [0.1, 0.15) is 0 Å². The topological polar surface area (TPSA) is 25.8 Å². The van der Waals surface area contributed by atoms with Gasteiger partial charge < -0.3 is 0 Å². The maximum Gasteiger partial charge on any atom is 0.0886 e. The van der Waals surface area contributed by atoms with Crippen molar-refractivity contribution in [2.75, 3.05) is 0 Å². The third kappa shape index (κ3) is 2.95. The normalized spacial score (nSPS) is 8.79. The van der Waals surface area contributed by atoms with E-state index in [1.165, 1.54) is 0 Å². The number of nitrogens with zero attached hydrogens (tertiary/aromatic N) is 2. The molecule has 0 aliphatic carbocycles. The molecule has 0 N–H and O–H groups in total. The minimum absolute atomic E-state index is 0.915. The van der Waals surface area contributed by atoms with Gasteiger partial charge in [-0.3, -0.25) is 9.97 Å². The van der Waals surface area contributed by atoms with E-state index in [2.05, 4.69) is 26.0 Å². The molecule has 0 saturated heterocycles. The molecule has 14 heavy (non-hydrogen) atoms. The Kier molecular flexibility index (Phi) is 4.90. The average molecular weight is 235 g/mol. The smallest absolute Gasteiger partial charge is 0.0886 e. The predicted molar refractivity (Wildman–Crippen MR) is 53.3 cm³/mol. The Labute approximate surface area is 92.2 Å². The molecule has 2 nitrogen and oxygen atoms in total. The van der Waals surface area contributed by atoms with Crippen LogP contribution in [0.4, 0.5) is 0 Å². The maximum absolute atomic E-state index is 4.19. The molecule has 3 heteroatoms. The zero-order valence-corrected chi connectivity index (χ0v) is 8.76. The van der Waals surface area contributed by atoms with Crippen molar-refractivity contribution in [1.82, 2.24) is 9.97 Å². The van der Waals surface area contributed by atoms with Crippen molar-refractivity contribution >= 4 is 0 Å². The average Bonchev–Trinajstić information content (AvgIpc) is 2.34. The summed E-state index contributed by atoms with van der Waals surface area (Å²) in [5.41, 5.74) is 1.83. The van der Waals surface area contributed by atoms with E-state index < -0.39 is 0 Å². The Morgan fingerprint density at radius 1 is 0.786 bits per heavy atom. The zero-order valence-electron chi connectivity index (χ0n) is 7.81. The third-order valence-electron chi connectivity index (χ3n) is 1.59. The summed E-state index contributed by atoms with van der Waals surface area (Å²) in [4.78, 5) is 8.37. The largest absolute Gasteiger partial charge is 0.255 e. The molecule has 2 aromatic heterocycles. The van der Waals surface area contributed by atoms with E-state index in [1.807, 2.05) is 36.4 Å². The molecule has 0 bridgehead atoms. The van der Waals surface area contributed by atoms with E-state index in [-0.39, 0.29) is 0 Å². The second-order valence-electron chi connectivity index (χ2n) is 2.43. The summed E-state index contributed by atoms with van der Waals surface area (Å²) in [5, 5.41) is 0. The van der Waals surface area contributed by atoms with Crippen LogP contribution in [-0.4, -0.2) is 9.97 Å². The summed E-state index contributed by atoms with van der Waals surface area (Å²) in [7, 11) is 0. The molecule has 0 amide bonds. The molecule has 0 radical (unpaired) electrons. The molecule has 0 aliphatic heterocycles. The fourth-order valence-electron chi connectivity index (χ4n) is 1.03. The van der Waals surface area contributed by atoms with E-state index in [0.717, 1.165) is 11.4 Å². The van der Waals surface area contributed by atoms with Crippen LogP contribution < -0.4 is 0 Å². The van der Waals surface area contributed by atoms with Crippen molar-refractivity contribution < 1.29 is 16.0 Å². The van der Waals surface area contributed by atoms with Crippen LogP contribution >= 0.6 is 0 Å². The fraction of sp³-hybridized carbons (Fsp3) is 0.0909. The first-order valence-electron chi connectivity index (χ1n) is 4.09. The summed E-state index contributed by atoms with van der Waals surface area (Å²) in [6.45, 7) is 0. The summed E-state index contributed by atoms with van der Waals surface area (Å²) in [6, 6.07) is 11.6. The standard InChI is InChI=1S/C10H8N2.CH3.Cu/c1-3-7-11-9(5-1)10-6-2-4-8-12-10;;/h1-8H;1H3;. The summed E-state index contributed by atoms with van der Waals surface area (Å²) >= 11 is 4.19. The molecule has 0 atom stereocenters. The minimum atomic E-state index is 0.915. The van der Waals surface area contributed by atoms with Gasteiger partial charge in [-0.25, -0.2) is 0 Å². The van der Waals surface area contributed by atoms with Gasteiger partial charge in [0.1, 0.15) is 0 Å². The Morgan fingerprint density at radius 3 is 1.50 bits per heavy atom. The van der Waals surface area contributed by atoms with Crippen LogP contribution in [0.2, 0.25) is 5.82 Å². The Bertz CT molecular complexity index is 311. The molecule has 2 rings (SSSR count). The number of pyridine rings is 2. The molecule has 0 fully saturated rings. The number of rotatable bonds is 1. The second kappa shape index (κ2) is 6.30. The Balaban J connectivity index is 0.000000461. The molecule has 2 aromatic rings. The zero-order chi connectivity index (χ0) is 10.2. The van der Waals surface area contributed by atoms with Crippen molar-refractivity contribution in [1.29, 1.82) is 0 Å². The van der Waals surface area contributed by atoms with E-state index in [0.29, 0.717) is 0 Å². The van der Waals surface area contributed by atoms with Crippen molar-refractivity contribution in [2.45, 2.75) is 5.82 Å². The van der Waals surface area contributed by atoms with Crippen LogP contribution in [0.3, 0.4) is 0 Å². The van der Waals surface area contributed by atoms with E-state index in [4.69, 9.17) is 0 Å². The third-order valence-corrected chi connectivity index (χ3v) is 1.59. The molecular formula is C11H11CuN2. The van der Waals surface area contributed by atoms with Gasteiger partial charge in [0.2, 0.25) is 0 Å². The number of hydrogen-bond acceptors (Lipinski definition) is 2. The van der Waals surface area contributed by atoms with Crippen molar-refractivity contribution in [3.8, 4) is 11.4 Å². The van der Waals surface area contributed by atoms with Gasteiger partial charge in [-0.05, 0) is 24.3 Å². The van der Waals surface area contributed by atoms with Gasteiger partial charge in [-0.1, -0.05) is 12.1 Å². The minimum Gasteiger partial charge on any atom is -0.255 e. The first kappa shape index (κ1) is 10.9. The van der Waals surface area contributed by atoms with Crippen LogP contribution in [0.15, 0.2) is 48.8 Å². The molecule has 0 aliphatic rings. The Hall–Kier alpha value is -1.18. The predicted octanol–water partition coefficient (Wildman–Crippen LogP) is 2.72. The molecule has 0 saturated carbocycles. The summed E-state index contributed by atoms with van der Waals surface area (Å²) in [6.07, 6.45) is 3.54. The van der Waals surface area contributed by atoms with Crippen LogP contribution in [0.25, 0.3) is 11.4 Å². The molecule has 0 aromatic carbocycles. The van der Waals surface area contributed by atoms with Crippen LogP contribution in [0.5, 0.6) is 0 Å². The SMILES string of the molecule is [CH3][Cu].c1ccc(-c2ccccn2)nc1. The van der Waals surface area contributed by atoms with Crippen molar-refractivity contribution in [2.24, 2.45) is 0 Å². The van der Waals surface area contributed by atoms with Gasteiger partial charge in [0.15, 0.2) is 0 Å². The quantitative estimate of drug-likeness (QED) is 0.710. The maximum atomic E-state index is 4.19. The summed E-state index contributed by atoms with van der Waals surface area (Å²) < 4.78 is 0. The van der Waals surface area contributed by atoms with Gasteiger partial charge in [0.25, 0.3) is 0 Å². The van der Waals surface area contributed by atoms with E-state index >= 15 is 0 Å². The molecule has 0 spiro atoms. The molecule has 76 valence electrons. The first-order chi connectivity index (χ1) is 6.97. The molecule has 2 heterocycles. The van der Waals surface area contributed by atoms with Gasteiger partial charge in [0, 0.05) is 12.4 Å². The first-order valence-corrected chi connectivity index (χ1v) is 5.03. The second-order valence-corrected chi connectivity index (χ2v) is 2.43. The monoisotopic (exact) mass is 234 g/mol. The van der Waals surface area contributed by atoms with Gasteiger partial charge in [-0.2, -0.15) is 0 Å². The van der Waals surface area contributed by atoms with Crippen LogP contribution in [-0.2, 0) is 16.0 Å². The van der Waals surface area contributed by atoms with E-state index in [9.17, 15) is 0 Å². The molecular weight excluding hydrogens is 224 g/mol.